The van der Waals surface area contributed by atoms with Crippen LogP contribution in [0.3, 0.4) is 0 Å². The average molecular weight is 563 g/mol. The predicted molar refractivity (Wildman–Crippen MR) is 179 cm³/mol. The van der Waals surface area contributed by atoms with Crippen molar-refractivity contribution in [2.75, 3.05) is 0 Å². The standard InChI is InChI=1S/C38H44P2/c1-27-11-19-31(20-12-27)39(32-21-13-28(2)14-22-32)37-9-5-7-35(37)36-8-6-10-38(36)40(33-23-15-29(3)16-24-33)34-25-17-30(4)18-26-34/h11-26,35-38H,5-10H2,1-4H3/t35-,36-,37-,38-/m1/s1. The second-order valence-electron chi connectivity index (χ2n) is 12.4. The summed E-state index contributed by atoms with van der Waals surface area (Å²) in [6.07, 6.45) is 8.37. The Labute approximate surface area is 245 Å². The SMILES string of the molecule is Cc1ccc(P(c2ccc(C)cc2)[C@@H]2CCC[C@@H]2[C@H]2CCC[C@H]2P(c2ccc(C)cc2)c2ccc(C)cc2)cc1. The summed E-state index contributed by atoms with van der Waals surface area (Å²) in [6.45, 7) is 8.88. The maximum atomic E-state index is 2.45. The smallest absolute Gasteiger partial charge is 0.00976 e. The van der Waals surface area contributed by atoms with Crippen LogP contribution in [0.2, 0.25) is 0 Å². The van der Waals surface area contributed by atoms with Crippen LogP contribution in [0.4, 0.5) is 0 Å². The van der Waals surface area contributed by atoms with Gasteiger partial charge in [-0.2, -0.15) is 0 Å². The summed E-state index contributed by atoms with van der Waals surface area (Å²) in [5, 5.41) is 6.32. The number of hydrogen-bond donors (Lipinski definition) is 0. The van der Waals surface area contributed by atoms with E-state index in [0.717, 1.165) is 23.2 Å². The fraction of sp³-hybridized carbons (Fsp3) is 0.368. The molecule has 0 nitrogen and oxygen atoms in total. The summed E-state index contributed by atoms with van der Waals surface area (Å²) in [5.41, 5.74) is 7.01. The minimum absolute atomic E-state index is 0.380. The van der Waals surface area contributed by atoms with Crippen molar-refractivity contribution in [3.05, 3.63) is 119 Å². The molecule has 2 fully saturated rings. The van der Waals surface area contributed by atoms with Crippen LogP contribution in [0.5, 0.6) is 0 Å². The first-order valence-electron chi connectivity index (χ1n) is 15.3. The van der Waals surface area contributed by atoms with E-state index in [1.165, 1.54) is 60.8 Å². The molecule has 0 radical (unpaired) electrons. The molecule has 0 spiro atoms. The van der Waals surface area contributed by atoms with Crippen LogP contribution in [0, 0.1) is 39.5 Å². The zero-order valence-corrected chi connectivity index (χ0v) is 26.5. The quantitative estimate of drug-likeness (QED) is 0.198. The maximum absolute atomic E-state index is 2.45. The Hall–Kier alpha value is -2.26. The van der Waals surface area contributed by atoms with Crippen molar-refractivity contribution in [2.24, 2.45) is 11.8 Å². The molecular weight excluding hydrogens is 518 g/mol. The highest BCUT2D eigenvalue weighted by Crippen LogP contribution is 2.59. The zero-order chi connectivity index (χ0) is 27.6. The van der Waals surface area contributed by atoms with Gasteiger partial charge >= 0.3 is 0 Å². The second-order valence-corrected chi connectivity index (χ2v) is 17.3. The molecule has 0 saturated heterocycles. The molecule has 2 saturated carbocycles. The number of rotatable bonds is 7. The number of benzene rings is 4. The van der Waals surface area contributed by atoms with E-state index in [1.54, 1.807) is 21.2 Å². The van der Waals surface area contributed by atoms with Gasteiger partial charge in [-0.1, -0.05) is 132 Å². The molecular formula is C38H44P2. The summed E-state index contributed by atoms with van der Waals surface area (Å²) >= 11 is 0. The van der Waals surface area contributed by atoms with Crippen LogP contribution >= 0.6 is 15.8 Å². The highest BCUT2D eigenvalue weighted by atomic mass is 31.1. The third-order valence-corrected chi connectivity index (χ3v) is 15.6. The third-order valence-electron chi connectivity index (χ3n) is 9.52. The summed E-state index contributed by atoms with van der Waals surface area (Å²) in [7, 11) is -0.761. The van der Waals surface area contributed by atoms with Crippen molar-refractivity contribution in [2.45, 2.75) is 77.5 Å². The van der Waals surface area contributed by atoms with E-state index < -0.39 is 0 Å². The van der Waals surface area contributed by atoms with E-state index in [4.69, 9.17) is 0 Å². The maximum Gasteiger partial charge on any atom is -0.00976 e. The van der Waals surface area contributed by atoms with E-state index in [-0.39, 0.29) is 15.8 Å². The van der Waals surface area contributed by atoms with Gasteiger partial charge in [-0.05, 0) is 114 Å². The van der Waals surface area contributed by atoms with Crippen molar-refractivity contribution in [3.8, 4) is 0 Å². The Bertz CT molecular complexity index is 1180. The largest absolute Gasteiger partial charge is 0.0587 e. The van der Waals surface area contributed by atoms with Crippen molar-refractivity contribution < 1.29 is 0 Å². The van der Waals surface area contributed by atoms with Crippen LogP contribution in [-0.2, 0) is 0 Å². The van der Waals surface area contributed by atoms with Crippen LogP contribution in [0.25, 0.3) is 0 Å². The minimum atomic E-state index is -0.380. The molecule has 206 valence electrons. The van der Waals surface area contributed by atoms with Gasteiger partial charge in [0, 0.05) is 0 Å². The average Bonchev–Trinajstić information content (AvgIpc) is 3.63. The third kappa shape index (κ3) is 5.87. The molecule has 0 amide bonds. The summed E-state index contributed by atoms with van der Waals surface area (Å²) < 4.78 is 0. The van der Waals surface area contributed by atoms with Crippen LogP contribution in [0.15, 0.2) is 97.1 Å². The Morgan fingerprint density at radius 2 is 0.625 bits per heavy atom. The van der Waals surface area contributed by atoms with Crippen molar-refractivity contribution in [1.82, 2.24) is 0 Å². The Balaban J connectivity index is 1.38. The van der Waals surface area contributed by atoms with Gasteiger partial charge in [0.15, 0.2) is 0 Å². The topological polar surface area (TPSA) is 0 Å². The summed E-state index contributed by atoms with van der Waals surface area (Å²) in [4.78, 5) is 0. The normalized spacial score (nSPS) is 22.9. The van der Waals surface area contributed by atoms with E-state index >= 15 is 0 Å². The molecule has 2 aliphatic carbocycles. The van der Waals surface area contributed by atoms with Crippen molar-refractivity contribution in [1.29, 1.82) is 0 Å². The highest BCUT2D eigenvalue weighted by Gasteiger charge is 2.46. The van der Waals surface area contributed by atoms with Gasteiger partial charge < -0.3 is 0 Å². The Morgan fingerprint density at radius 3 is 0.875 bits per heavy atom. The molecule has 4 aromatic rings. The number of aryl methyl sites for hydroxylation is 4. The lowest BCUT2D eigenvalue weighted by molar-refractivity contribution is 0.358. The fourth-order valence-electron chi connectivity index (χ4n) is 7.46. The van der Waals surface area contributed by atoms with E-state index in [2.05, 4.69) is 125 Å². The molecule has 40 heavy (non-hydrogen) atoms. The van der Waals surface area contributed by atoms with Gasteiger partial charge in [-0.25, -0.2) is 0 Å². The Kier molecular flexibility index (Phi) is 8.58. The minimum Gasteiger partial charge on any atom is -0.0587 e. The second kappa shape index (κ2) is 12.3. The van der Waals surface area contributed by atoms with Crippen LogP contribution < -0.4 is 21.2 Å². The van der Waals surface area contributed by atoms with E-state index in [9.17, 15) is 0 Å². The van der Waals surface area contributed by atoms with Gasteiger partial charge in [0.25, 0.3) is 0 Å². The van der Waals surface area contributed by atoms with Crippen LogP contribution in [0.1, 0.15) is 60.8 Å². The summed E-state index contributed by atoms with van der Waals surface area (Å²) in [5.74, 6) is 1.64. The lowest BCUT2D eigenvalue weighted by Gasteiger charge is -2.38. The first kappa shape index (κ1) is 27.9. The molecule has 2 aliphatic rings. The molecule has 0 aromatic heterocycles. The summed E-state index contributed by atoms with van der Waals surface area (Å²) in [6, 6.07) is 38.4. The molecule has 0 unspecified atom stereocenters. The van der Waals surface area contributed by atoms with Gasteiger partial charge in [-0.15, -0.1) is 0 Å². The molecule has 4 atom stereocenters. The highest BCUT2D eigenvalue weighted by molar-refractivity contribution is 7.74. The van der Waals surface area contributed by atoms with Crippen molar-refractivity contribution in [3.63, 3.8) is 0 Å². The zero-order valence-electron chi connectivity index (χ0n) is 24.7. The molecule has 6 rings (SSSR count). The van der Waals surface area contributed by atoms with Gasteiger partial charge in [0.05, 0.1) is 0 Å². The van der Waals surface area contributed by atoms with Gasteiger partial charge in [0.1, 0.15) is 0 Å². The lowest BCUT2D eigenvalue weighted by atomic mass is 9.89. The van der Waals surface area contributed by atoms with E-state index in [0.29, 0.717) is 0 Å². The molecule has 2 heteroatoms. The van der Waals surface area contributed by atoms with Gasteiger partial charge in [0.2, 0.25) is 0 Å². The molecule has 0 aliphatic heterocycles. The van der Waals surface area contributed by atoms with Crippen LogP contribution in [-0.4, -0.2) is 11.3 Å². The molecule has 0 bridgehead atoms. The van der Waals surface area contributed by atoms with Gasteiger partial charge in [-0.3, -0.25) is 0 Å². The molecule has 0 heterocycles. The monoisotopic (exact) mass is 562 g/mol. The predicted octanol–water partition coefficient (Wildman–Crippen LogP) is 8.82. The lowest BCUT2D eigenvalue weighted by Crippen LogP contribution is -2.34. The molecule has 0 N–H and O–H groups in total. The van der Waals surface area contributed by atoms with E-state index in [1.807, 2.05) is 0 Å². The number of hydrogen-bond acceptors (Lipinski definition) is 0. The molecule has 4 aromatic carbocycles. The Morgan fingerprint density at radius 1 is 0.375 bits per heavy atom. The van der Waals surface area contributed by atoms with Crippen molar-refractivity contribution >= 4 is 37.1 Å². The first-order chi connectivity index (χ1) is 19.5. The first-order valence-corrected chi connectivity index (χ1v) is 18.2. The fourth-order valence-corrected chi connectivity index (χ4v) is 13.9.